The van der Waals surface area contributed by atoms with Crippen LogP contribution in [0.2, 0.25) is 5.02 Å². The summed E-state index contributed by atoms with van der Waals surface area (Å²) in [5.41, 5.74) is 5.86. The van der Waals surface area contributed by atoms with E-state index in [0.717, 1.165) is 0 Å². The summed E-state index contributed by atoms with van der Waals surface area (Å²) in [7, 11) is 0. The van der Waals surface area contributed by atoms with Crippen molar-refractivity contribution in [1.29, 1.82) is 0 Å². The number of rotatable bonds is 3. The molecule has 0 aliphatic rings. The number of carbonyl (C=O) groups is 1. The topological polar surface area (TPSA) is 88.2 Å². The van der Waals surface area contributed by atoms with Gasteiger partial charge < -0.3 is 16.2 Å². The zero-order chi connectivity index (χ0) is 14.0. The maximum atomic E-state index is 13.2. The van der Waals surface area contributed by atoms with Crippen LogP contribution >= 0.6 is 11.6 Å². The average molecular weight is 282 g/mol. The number of nitrogens with one attached hydrogen (secondary N) is 1. The highest BCUT2D eigenvalue weighted by Crippen LogP contribution is 2.22. The van der Waals surface area contributed by atoms with Crippen LogP contribution < -0.4 is 11.1 Å². The molecule has 0 amide bonds. The molecule has 7 heteroatoms. The highest BCUT2D eigenvalue weighted by atomic mass is 35.5. The zero-order valence-corrected chi connectivity index (χ0v) is 10.3. The lowest BCUT2D eigenvalue weighted by Crippen LogP contribution is -2.05. The van der Waals surface area contributed by atoms with E-state index in [2.05, 4.69) is 10.3 Å². The molecule has 19 heavy (non-hydrogen) atoms. The quantitative estimate of drug-likeness (QED) is 0.805. The van der Waals surface area contributed by atoms with Gasteiger partial charge in [0.1, 0.15) is 11.6 Å². The Balaban J connectivity index is 2.30. The van der Waals surface area contributed by atoms with Crippen LogP contribution in [0.3, 0.4) is 0 Å². The second-order valence-electron chi connectivity index (χ2n) is 3.72. The summed E-state index contributed by atoms with van der Waals surface area (Å²) in [5.74, 6) is -1.50. The fourth-order valence-electron chi connectivity index (χ4n) is 1.44. The van der Waals surface area contributed by atoms with E-state index < -0.39 is 11.8 Å². The molecule has 98 valence electrons. The van der Waals surface area contributed by atoms with E-state index in [-0.39, 0.29) is 22.1 Å². The first-order valence-electron chi connectivity index (χ1n) is 5.18. The van der Waals surface area contributed by atoms with Crippen molar-refractivity contribution >= 4 is 34.8 Å². The Bertz CT molecular complexity index is 649. The SMILES string of the molecule is Nc1cnc(Nc2ccc(Cl)c(F)c2)cc1C(=O)O. The van der Waals surface area contributed by atoms with E-state index in [0.29, 0.717) is 5.69 Å². The lowest BCUT2D eigenvalue weighted by Gasteiger charge is -2.08. The lowest BCUT2D eigenvalue weighted by atomic mass is 10.2. The number of aromatic nitrogens is 1. The number of carboxylic acid groups (broad SMARTS) is 1. The highest BCUT2D eigenvalue weighted by molar-refractivity contribution is 6.30. The number of aromatic carboxylic acids is 1. The van der Waals surface area contributed by atoms with Crippen molar-refractivity contribution in [3.05, 3.63) is 46.9 Å². The van der Waals surface area contributed by atoms with Crippen molar-refractivity contribution < 1.29 is 14.3 Å². The first-order chi connectivity index (χ1) is 8.97. The van der Waals surface area contributed by atoms with Gasteiger partial charge in [0.05, 0.1) is 22.5 Å². The van der Waals surface area contributed by atoms with Crippen LogP contribution in [-0.2, 0) is 0 Å². The fourth-order valence-corrected chi connectivity index (χ4v) is 1.56. The Kier molecular flexibility index (Phi) is 3.52. The minimum absolute atomic E-state index is 0.00189. The van der Waals surface area contributed by atoms with Crippen molar-refractivity contribution in [3.8, 4) is 0 Å². The molecule has 2 rings (SSSR count). The molecule has 5 nitrogen and oxygen atoms in total. The summed E-state index contributed by atoms with van der Waals surface area (Å²) in [6, 6.07) is 5.38. The van der Waals surface area contributed by atoms with Gasteiger partial charge >= 0.3 is 5.97 Å². The molecule has 0 spiro atoms. The number of pyridine rings is 1. The summed E-state index contributed by atoms with van der Waals surface area (Å²) in [6.45, 7) is 0. The Hall–Kier alpha value is -2.34. The number of nitrogens with zero attached hydrogens (tertiary/aromatic N) is 1. The number of benzene rings is 1. The Morgan fingerprint density at radius 3 is 2.79 bits per heavy atom. The van der Waals surface area contributed by atoms with E-state index in [9.17, 15) is 9.18 Å². The van der Waals surface area contributed by atoms with Gasteiger partial charge in [0, 0.05) is 5.69 Å². The van der Waals surface area contributed by atoms with Gasteiger partial charge in [-0.25, -0.2) is 14.2 Å². The number of halogens is 2. The number of hydrogen-bond donors (Lipinski definition) is 3. The van der Waals surface area contributed by atoms with E-state index in [1.807, 2.05) is 0 Å². The molecule has 0 aliphatic heterocycles. The van der Waals surface area contributed by atoms with Crippen LogP contribution in [-0.4, -0.2) is 16.1 Å². The smallest absolute Gasteiger partial charge is 0.337 e. The summed E-state index contributed by atoms with van der Waals surface area (Å²) < 4.78 is 13.2. The maximum absolute atomic E-state index is 13.2. The normalized spacial score (nSPS) is 10.2. The summed E-state index contributed by atoms with van der Waals surface area (Å²) in [6.07, 6.45) is 1.22. The predicted octanol–water partition coefficient (Wildman–Crippen LogP) is 2.90. The first-order valence-corrected chi connectivity index (χ1v) is 5.56. The molecule has 0 unspecified atom stereocenters. The van der Waals surface area contributed by atoms with Gasteiger partial charge in [-0.05, 0) is 24.3 Å². The van der Waals surface area contributed by atoms with Gasteiger partial charge in [0.2, 0.25) is 0 Å². The number of nitrogen functional groups attached to an aromatic ring is 1. The molecule has 0 atom stereocenters. The van der Waals surface area contributed by atoms with Gasteiger partial charge in [-0.15, -0.1) is 0 Å². The van der Waals surface area contributed by atoms with Crippen LogP contribution in [0.1, 0.15) is 10.4 Å². The Morgan fingerprint density at radius 2 is 2.16 bits per heavy atom. The minimum atomic E-state index is -1.16. The largest absolute Gasteiger partial charge is 0.478 e. The van der Waals surface area contributed by atoms with Crippen LogP contribution in [0.5, 0.6) is 0 Å². The van der Waals surface area contributed by atoms with Crippen molar-refractivity contribution in [2.45, 2.75) is 0 Å². The van der Waals surface area contributed by atoms with Crippen LogP contribution in [0.4, 0.5) is 21.6 Å². The molecular formula is C12H9ClFN3O2. The van der Waals surface area contributed by atoms with E-state index >= 15 is 0 Å². The van der Waals surface area contributed by atoms with Crippen molar-refractivity contribution in [1.82, 2.24) is 4.98 Å². The molecule has 1 aromatic heterocycles. The molecule has 4 N–H and O–H groups in total. The third-order valence-electron chi connectivity index (χ3n) is 2.36. The van der Waals surface area contributed by atoms with Gasteiger partial charge in [0.15, 0.2) is 0 Å². The molecule has 0 bridgehead atoms. The van der Waals surface area contributed by atoms with Gasteiger partial charge in [-0.2, -0.15) is 0 Å². The maximum Gasteiger partial charge on any atom is 0.337 e. The molecule has 0 aliphatic carbocycles. The molecule has 2 aromatic rings. The number of anilines is 3. The molecule has 0 saturated heterocycles. The van der Waals surface area contributed by atoms with Gasteiger partial charge in [-0.1, -0.05) is 11.6 Å². The summed E-state index contributed by atoms with van der Waals surface area (Å²) >= 11 is 5.56. The van der Waals surface area contributed by atoms with Crippen LogP contribution in [0, 0.1) is 5.82 Å². The fraction of sp³-hybridized carbons (Fsp3) is 0. The second kappa shape index (κ2) is 5.11. The van der Waals surface area contributed by atoms with Crippen molar-refractivity contribution in [2.24, 2.45) is 0 Å². The first kappa shape index (κ1) is 13.1. The molecule has 1 heterocycles. The van der Waals surface area contributed by atoms with E-state index in [1.165, 1.54) is 24.4 Å². The third-order valence-corrected chi connectivity index (χ3v) is 2.66. The van der Waals surface area contributed by atoms with Crippen molar-refractivity contribution in [3.63, 3.8) is 0 Å². The predicted molar refractivity (Wildman–Crippen MR) is 70.3 cm³/mol. The van der Waals surface area contributed by atoms with Gasteiger partial charge in [-0.3, -0.25) is 0 Å². The summed E-state index contributed by atoms with van der Waals surface area (Å²) in [4.78, 5) is 14.8. The number of hydrogen-bond acceptors (Lipinski definition) is 4. The van der Waals surface area contributed by atoms with Crippen LogP contribution in [0.25, 0.3) is 0 Å². The second-order valence-corrected chi connectivity index (χ2v) is 4.12. The molecule has 0 radical (unpaired) electrons. The Labute approximate surface area is 112 Å². The van der Waals surface area contributed by atoms with Gasteiger partial charge in [0.25, 0.3) is 0 Å². The number of nitrogens with two attached hydrogens (primary N) is 1. The minimum Gasteiger partial charge on any atom is -0.478 e. The van der Waals surface area contributed by atoms with Crippen molar-refractivity contribution in [2.75, 3.05) is 11.1 Å². The van der Waals surface area contributed by atoms with Crippen LogP contribution in [0.15, 0.2) is 30.5 Å². The molecule has 1 aromatic carbocycles. The average Bonchev–Trinajstić information content (AvgIpc) is 2.36. The molecule has 0 saturated carbocycles. The monoisotopic (exact) mass is 281 g/mol. The number of carboxylic acids is 1. The molecular weight excluding hydrogens is 273 g/mol. The van der Waals surface area contributed by atoms with E-state index in [4.69, 9.17) is 22.4 Å². The lowest BCUT2D eigenvalue weighted by molar-refractivity contribution is 0.0698. The zero-order valence-electron chi connectivity index (χ0n) is 9.52. The summed E-state index contributed by atoms with van der Waals surface area (Å²) in [5, 5.41) is 11.7. The Morgan fingerprint density at radius 1 is 1.42 bits per heavy atom. The van der Waals surface area contributed by atoms with E-state index in [1.54, 1.807) is 6.07 Å². The standard InChI is InChI=1S/C12H9ClFN3O2/c13-8-2-1-6(3-9(8)14)17-11-4-7(12(18)19)10(15)5-16-11/h1-5H,15H2,(H,16,17)(H,18,19). The molecule has 0 fully saturated rings. The third kappa shape index (κ3) is 2.92. The highest BCUT2D eigenvalue weighted by Gasteiger charge is 2.10.